The average molecular weight is 418 g/mol. The maximum Gasteiger partial charge on any atom is 0.236 e. The Balaban J connectivity index is 1.42. The Morgan fingerprint density at radius 2 is 1.52 bits per heavy atom. The van der Waals surface area contributed by atoms with Gasteiger partial charge in [-0.3, -0.25) is 9.69 Å². The molecule has 1 amide bonds. The second kappa shape index (κ2) is 9.53. The smallest absolute Gasteiger partial charge is 0.236 e. The number of carbonyl (C=O) groups is 1. The van der Waals surface area contributed by atoms with E-state index < -0.39 is 0 Å². The van der Waals surface area contributed by atoms with E-state index in [4.69, 9.17) is 13.6 Å². The summed E-state index contributed by atoms with van der Waals surface area (Å²) in [5.74, 6) is 2.49. The van der Waals surface area contributed by atoms with Gasteiger partial charge in [0.25, 0.3) is 0 Å². The molecule has 0 aliphatic rings. The molecule has 0 atom stereocenters. The van der Waals surface area contributed by atoms with Crippen LogP contribution in [0.1, 0.15) is 17.1 Å². The number of fused-ring (bicyclic) bond motifs is 1. The first-order valence-electron chi connectivity index (χ1n) is 10.2. The third-order valence-electron chi connectivity index (χ3n) is 5.24. The van der Waals surface area contributed by atoms with Gasteiger partial charge in [-0.25, -0.2) is 0 Å². The van der Waals surface area contributed by atoms with Gasteiger partial charge < -0.3 is 18.5 Å². The highest BCUT2D eigenvalue weighted by Crippen LogP contribution is 2.22. The zero-order valence-corrected chi connectivity index (χ0v) is 17.8. The van der Waals surface area contributed by atoms with Gasteiger partial charge in [-0.1, -0.05) is 18.2 Å². The lowest BCUT2D eigenvalue weighted by Crippen LogP contribution is -2.37. The Hall–Kier alpha value is -3.51. The van der Waals surface area contributed by atoms with Crippen molar-refractivity contribution in [3.63, 3.8) is 0 Å². The van der Waals surface area contributed by atoms with E-state index in [-0.39, 0.29) is 12.5 Å². The molecule has 2 heterocycles. The molecule has 0 fully saturated rings. The molecule has 31 heavy (non-hydrogen) atoms. The first-order chi connectivity index (χ1) is 15.1. The summed E-state index contributed by atoms with van der Waals surface area (Å²) in [5.41, 5.74) is 1.08. The number of ether oxygens (including phenoxy) is 1. The minimum absolute atomic E-state index is 0.0351. The van der Waals surface area contributed by atoms with Crippen LogP contribution in [-0.4, -0.2) is 36.4 Å². The van der Waals surface area contributed by atoms with E-state index in [2.05, 4.69) is 18.2 Å². The van der Waals surface area contributed by atoms with Crippen molar-refractivity contribution in [3.8, 4) is 5.75 Å². The number of rotatable bonds is 9. The van der Waals surface area contributed by atoms with E-state index in [1.54, 1.807) is 24.5 Å². The fourth-order valence-electron chi connectivity index (χ4n) is 3.59. The average Bonchev–Trinajstić information content (AvgIpc) is 3.47. The Morgan fingerprint density at radius 1 is 0.871 bits per heavy atom. The molecule has 0 saturated heterocycles. The quantitative estimate of drug-likeness (QED) is 0.394. The van der Waals surface area contributed by atoms with Crippen LogP contribution in [0.25, 0.3) is 10.8 Å². The second-order valence-corrected chi connectivity index (χ2v) is 7.60. The van der Waals surface area contributed by atoms with Crippen LogP contribution in [0.15, 0.2) is 82.0 Å². The number of hydrogen-bond donors (Lipinski definition) is 0. The van der Waals surface area contributed by atoms with E-state index in [1.807, 2.05) is 54.4 Å². The molecule has 0 aliphatic carbocycles. The van der Waals surface area contributed by atoms with Crippen LogP contribution in [0.5, 0.6) is 5.75 Å². The summed E-state index contributed by atoms with van der Waals surface area (Å²) in [6.07, 6.45) is 3.29. The highest BCUT2D eigenvalue weighted by Gasteiger charge is 2.18. The maximum absolute atomic E-state index is 13.0. The Labute approximate surface area is 181 Å². The van der Waals surface area contributed by atoms with Crippen molar-refractivity contribution < 1.29 is 18.4 Å². The minimum atomic E-state index is 0.0351. The Kier molecular flexibility index (Phi) is 6.38. The molecule has 6 heteroatoms. The van der Waals surface area contributed by atoms with Gasteiger partial charge >= 0.3 is 0 Å². The van der Waals surface area contributed by atoms with Crippen molar-refractivity contribution in [2.75, 3.05) is 20.7 Å². The molecule has 4 aromatic rings. The fraction of sp³-hybridized carbons (Fsp3) is 0.240. The first-order valence-corrected chi connectivity index (χ1v) is 10.2. The molecule has 0 radical (unpaired) electrons. The Bertz CT molecular complexity index is 1080. The van der Waals surface area contributed by atoms with Gasteiger partial charge in [0.15, 0.2) is 0 Å². The molecule has 6 nitrogen and oxygen atoms in total. The maximum atomic E-state index is 13.0. The number of benzene rings is 2. The number of furan rings is 2. The molecule has 160 valence electrons. The van der Waals surface area contributed by atoms with Crippen molar-refractivity contribution in [2.45, 2.75) is 19.6 Å². The molecule has 0 spiro atoms. The van der Waals surface area contributed by atoms with Gasteiger partial charge in [0.2, 0.25) is 5.91 Å². The highest BCUT2D eigenvalue weighted by molar-refractivity contribution is 5.84. The number of likely N-dealkylation sites (N-methyl/N-ethyl adjacent to an activating group) is 1. The van der Waals surface area contributed by atoms with Crippen LogP contribution < -0.4 is 4.74 Å². The third-order valence-corrected chi connectivity index (χ3v) is 5.24. The minimum Gasteiger partial charge on any atom is -0.497 e. The zero-order chi connectivity index (χ0) is 21.6. The number of carbonyl (C=O) groups excluding carboxylic acids is 1. The second-order valence-electron chi connectivity index (χ2n) is 7.60. The van der Waals surface area contributed by atoms with Crippen LogP contribution in [0.3, 0.4) is 0 Å². The van der Waals surface area contributed by atoms with Gasteiger partial charge in [-0.15, -0.1) is 0 Å². The summed E-state index contributed by atoms with van der Waals surface area (Å²) in [4.78, 5) is 16.7. The summed E-state index contributed by atoms with van der Waals surface area (Å²) in [5, 5.41) is 2.23. The van der Waals surface area contributed by atoms with Crippen LogP contribution in [0.2, 0.25) is 0 Å². The molecule has 2 aromatic heterocycles. The molecule has 2 aromatic carbocycles. The van der Waals surface area contributed by atoms with Crippen molar-refractivity contribution in [1.82, 2.24) is 9.80 Å². The highest BCUT2D eigenvalue weighted by atomic mass is 16.5. The van der Waals surface area contributed by atoms with E-state index in [1.165, 1.54) is 0 Å². The van der Waals surface area contributed by atoms with Crippen LogP contribution in [0.4, 0.5) is 0 Å². The molecule has 0 saturated carbocycles. The lowest BCUT2D eigenvalue weighted by molar-refractivity contribution is -0.132. The zero-order valence-electron chi connectivity index (χ0n) is 17.8. The SMILES string of the molecule is COc1ccc2cc(CN(C)C(=O)CN(Cc3ccco3)Cc3ccco3)ccc2c1. The summed E-state index contributed by atoms with van der Waals surface area (Å²) < 4.78 is 16.2. The molecule has 0 bridgehead atoms. The number of nitrogens with zero attached hydrogens (tertiary/aromatic N) is 2. The standard InChI is InChI=1S/C25H26N2O4/c1-26(15-19-7-8-21-14-22(29-2)10-9-20(21)13-19)25(28)18-27(16-23-5-3-11-30-23)17-24-6-4-12-31-24/h3-14H,15-18H2,1-2H3. The van der Waals surface area contributed by atoms with E-state index in [0.717, 1.165) is 33.6 Å². The van der Waals surface area contributed by atoms with Gasteiger partial charge in [0.1, 0.15) is 17.3 Å². The lowest BCUT2D eigenvalue weighted by Gasteiger charge is -2.24. The largest absolute Gasteiger partial charge is 0.497 e. The van der Waals surface area contributed by atoms with E-state index in [9.17, 15) is 4.79 Å². The van der Waals surface area contributed by atoms with Gasteiger partial charge in [-0.05, 0) is 58.8 Å². The van der Waals surface area contributed by atoms with Crippen LogP contribution >= 0.6 is 0 Å². The van der Waals surface area contributed by atoms with Crippen molar-refractivity contribution in [3.05, 3.63) is 90.3 Å². The predicted molar refractivity (Wildman–Crippen MR) is 119 cm³/mol. The molecular formula is C25H26N2O4. The van der Waals surface area contributed by atoms with E-state index >= 15 is 0 Å². The predicted octanol–water partition coefficient (Wildman–Crippen LogP) is 4.70. The third kappa shape index (κ3) is 5.35. The van der Waals surface area contributed by atoms with E-state index in [0.29, 0.717) is 19.6 Å². The van der Waals surface area contributed by atoms with Gasteiger partial charge in [0, 0.05) is 13.6 Å². The fourth-order valence-corrected chi connectivity index (χ4v) is 3.59. The number of hydrogen-bond acceptors (Lipinski definition) is 5. The number of amides is 1. The monoisotopic (exact) mass is 418 g/mol. The molecule has 4 rings (SSSR count). The van der Waals surface area contributed by atoms with Crippen LogP contribution in [0, 0.1) is 0 Å². The molecule has 0 unspecified atom stereocenters. The molecular weight excluding hydrogens is 392 g/mol. The van der Waals surface area contributed by atoms with Gasteiger partial charge in [0.05, 0.1) is 39.3 Å². The summed E-state index contributed by atoms with van der Waals surface area (Å²) >= 11 is 0. The Morgan fingerprint density at radius 3 is 2.13 bits per heavy atom. The van der Waals surface area contributed by atoms with Gasteiger partial charge in [-0.2, -0.15) is 0 Å². The van der Waals surface area contributed by atoms with Crippen molar-refractivity contribution >= 4 is 16.7 Å². The summed E-state index contributed by atoms with van der Waals surface area (Å²) in [6, 6.07) is 19.7. The lowest BCUT2D eigenvalue weighted by atomic mass is 10.1. The topological polar surface area (TPSA) is 59.1 Å². The molecule has 0 aliphatic heterocycles. The normalized spacial score (nSPS) is 11.2. The van der Waals surface area contributed by atoms with Crippen LogP contribution in [-0.2, 0) is 24.4 Å². The molecule has 0 N–H and O–H groups in total. The first kappa shape index (κ1) is 20.8. The summed E-state index contributed by atoms with van der Waals surface area (Å²) in [6.45, 7) is 1.87. The number of methoxy groups -OCH3 is 1. The van der Waals surface area contributed by atoms with Crippen molar-refractivity contribution in [2.24, 2.45) is 0 Å². The van der Waals surface area contributed by atoms with Crippen molar-refractivity contribution in [1.29, 1.82) is 0 Å². The summed E-state index contributed by atoms with van der Waals surface area (Å²) in [7, 11) is 3.50.